The van der Waals surface area contributed by atoms with Crippen molar-refractivity contribution < 1.29 is 76.3 Å². The van der Waals surface area contributed by atoms with Crippen LogP contribution in [-0.2, 0) is 89.2 Å². The summed E-state index contributed by atoms with van der Waals surface area (Å²) in [5.74, 6) is -4.15. The van der Waals surface area contributed by atoms with Gasteiger partial charge in [-0.2, -0.15) is 5.10 Å². The molecule has 3 aliphatic carbocycles. The van der Waals surface area contributed by atoms with E-state index in [1.165, 1.54) is 16.7 Å². The van der Waals surface area contributed by atoms with E-state index in [4.69, 9.17) is 43.2 Å². The summed E-state index contributed by atoms with van der Waals surface area (Å²) in [7, 11) is 0. The minimum Gasteiger partial charge on any atom is -0.460 e. The van der Waals surface area contributed by atoms with Crippen molar-refractivity contribution in [3.8, 4) is 0 Å². The lowest BCUT2D eigenvalue weighted by Gasteiger charge is -2.71. The number of piperazine rings is 1. The molecule has 5 aliphatic rings. The van der Waals surface area contributed by atoms with Crippen molar-refractivity contribution >= 4 is 65.2 Å². The van der Waals surface area contributed by atoms with E-state index in [1.807, 2.05) is 31.0 Å². The number of hydrogen-bond donors (Lipinski definition) is 4. The maximum atomic E-state index is 14.2. The second kappa shape index (κ2) is 41.2. The van der Waals surface area contributed by atoms with Crippen molar-refractivity contribution in [2.24, 2.45) is 5.41 Å². The van der Waals surface area contributed by atoms with Gasteiger partial charge in [0.2, 0.25) is 23.6 Å². The van der Waals surface area contributed by atoms with E-state index in [9.17, 15) is 43.2 Å². The molecule has 2 atom stereocenters. The molecule has 4 amide bonds. The number of fused-ring (bicyclic) bond motifs is 1. The standard InChI is InChI=1S/C83H133N13O16/c1-19-64-63(74-85-59(2)49-60(3)96(74)89-64)50-62-24-22-61(23-25-62)21-20-32-90-33-43-95(44-34-90)58-82-55-83(56-82,57-82)88-76(105)66(27-29-70(100)109-78(7,8)9)86-67(97)30-45-106-47-48-107-46-31-84-75(104)65(26-28-69(99)108-77(4,5)6)87-68(98)51-91-35-37-92(52-71(101)110-79(10,11)12)39-41-94(54-73(103)112-81(16,17)18)42-40-93(38-36-91)53-72(102)111-80(13,14)15/h20-25,49,65-66H,19,26-48,50-58H2,1-18H3,(H,84,104)(H,86,97)(H,87,98)(H,88,105)/b21-20+/t65-,66-,82?,83?/m0/s1. The third-order valence-corrected chi connectivity index (χ3v) is 19.4. The summed E-state index contributed by atoms with van der Waals surface area (Å²) in [5, 5.41) is 16.7. The number of esters is 5. The first kappa shape index (κ1) is 91.7. The summed E-state index contributed by atoms with van der Waals surface area (Å²) in [6.07, 6.45) is 8.33. The van der Waals surface area contributed by atoms with Crippen molar-refractivity contribution in [3.63, 3.8) is 0 Å². The molecular weight excluding hydrogens is 1430 g/mol. The monoisotopic (exact) mass is 1570 g/mol. The molecule has 2 saturated heterocycles. The van der Waals surface area contributed by atoms with Gasteiger partial charge in [0.05, 0.1) is 58.3 Å². The topological polar surface area (TPSA) is 316 Å². The molecule has 5 fully saturated rings. The quantitative estimate of drug-likeness (QED) is 0.0287. The number of ether oxygens (including phenoxy) is 7. The number of amides is 4. The Morgan fingerprint density at radius 1 is 0.509 bits per heavy atom. The Balaban J connectivity index is 0.844. The average molecular weight is 1570 g/mol. The highest BCUT2D eigenvalue weighted by Gasteiger charge is 2.68. The molecule has 1 aromatic carbocycles. The second-order valence-corrected chi connectivity index (χ2v) is 35.9. The first-order valence-corrected chi connectivity index (χ1v) is 40.3. The highest BCUT2D eigenvalue weighted by Crippen LogP contribution is 2.67. The minimum atomic E-state index is -1.16. The highest BCUT2D eigenvalue weighted by atomic mass is 16.6. The summed E-state index contributed by atoms with van der Waals surface area (Å²) in [5.41, 5.74) is 3.78. The van der Waals surface area contributed by atoms with Gasteiger partial charge < -0.3 is 59.3 Å². The molecule has 8 rings (SSSR count). The van der Waals surface area contributed by atoms with Gasteiger partial charge in [-0.15, -0.1) is 0 Å². The molecule has 0 radical (unpaired) electrons. The number of aromatic nitrogens is 3. The van der Waals surface area contributed by atoms with Crippen LogP contribution in [0.3, 0.4) is 0 Å². The maximum Gasteiger partial charge on any atom is 0.320 e. The summed E-state index contributed by atoms with van der Waals surface area (Å²) in [4.78, 5) is 139. The van der Waals surface area contributed by atoms with Crippen LogP contribution >= 0.6 is 0 Å². The number of carbonyl (C=O) groups is 9. The zero-order chi connectivity index (χ0) is 82.4. The van der Waals surface area contributed by atoms with Gasteiger partial charge in [-0.3, -0.25) is 67.7 Å². The molecule has 4 heterocycles. The van der Waals surface area contributed by atoms with Crippen molar-refractivity contribution in [2.45, 2.75) is 234 Å². The molecule has 0 spiro atoms. The lowest BCUT2D eigenvalue weighted by Crippen LogP contribution is -2.78. The normalized spacial score (nSPS) is 19.6. The molecule has 112 heavy (non-hydrogen) atoms. The number of nitrogens with zero attached hydrogens (tertiary/aromatic N) is 9. The second-order valence-electron chi connectivity index (χ2n) is 35.9. The molecule has 0 unspecified atom stereocenters. The molecular formula is C83H133N13O16. The zero-order valence-electron chi connectivity index (χ0n) is 70.6. The Bertz CT molecular complexity index is 3600. The smallest absolute Gasteiger partial charge is 0.320 e. The van der Waals surface area contributed by atoms with Gasteiger partial charge in [0, 0.05) is 146 Å². The third-order valence-electron chi connectivity index (χ3n) is 19.4. The first-order chi connectivity index (χ1) is 52.4. The Hall–Kier alpha value is -7.51. The first-order valence-electron chi connectivity index (χ1n) is 40.3. The van der Waals surface area contributed by atoms with E-state index in [1.54, 1.807) is 104 Å². The molecule has 2 bridgehead atoms. The molecule has 2 aromatic heterocycles. The zero-order valence-corrected chi connectivity index (χ0v) is 70.6. The molecule has 29 heteroatoms. The average Bonchev–Trinajstić information content (AvgIpc) is 0.724. The van der Waals surface area contributed by atoms with Crippen LogP contribution in [0.25, 0.3) is 11.7 Å². The van der Waals surface area contributed by atoms with Crippen LogP contribution in [0.4, 0.5) is 0 Å². The summed E-state index contributed by atoms with van der Waals surface area (Å²) >= 11 is 0. The number of nitrogens with one attached hydrogen (secondary N) is 4. The number of aryl methyl sites for hydroxylation is 3. The van der Waals surface area contributed by atoms with E-state index in [-0.39, 0.29) is 121 Å². The van der Waals surface area contributed by atoms with Crippen LogP contribution in [0.5, 0.6) is 0 Å². The fourth-order valence-electron chi connectivity index (χ4n) is 14.7. The molecule has 3 saturated carbocycles. The van der Waals surface area contributed by atoms with Crippen LogP contribution < -0.4 is 21.3 Å². The summed E-state index contributed by atoms with van der Waals surface area (Å²) < 4.78 is 41.7. The SMILES string of the molecule is CCc1nn2c(C)cc(C)nc2c1Cc1ccc(/C=C/CN2CCN(CC34CC(NC(=O)[C@H](CCC(=O)OC(C)(C)C)NC(=O)CCOCCOCCNC(=O)[C@H](CCC(=O)OC(C)(C)C)NC(=O)CN5CCN(CC(=O)OC(C)(C)C)CCN(CC(=O)OC(C)(C)C)CCN(CC(=O)OC(C)(C)C)CC5)(C3)C4)CC2)cc1. The summed E-state index contributed by atoms with van der Waals surface area (Å²) in [6, 6.07) is 8.70. The predicted molar refractivity (Wildman–Crippen MR) is 427 cm³/mol. The van der Waals surface area contributed by atoms with E-state index in [0.717, 1.165) is 94.1 Å². The number of benzene rings is 1. The highest BCUT2D eigenvalue weighted by molar-refractivity contribution is 5.90. The van der Waals surface area contributed by atoms with Crippen LogP contribution in [0.15, 0.2) is 36.4 Å². The van der Waals surface area contributed by atoms with Crippen LogP contribution in [0.2, 0.25) is 0 Å². The van der Waals surface area contributed by atoms with Gasteiger partial charge in [0.15, 0.2) is 5.65 Å². The Labute approximate surface area is 664 Å². The van der Waals surface area contributed by atoms with Gasteiger partial charge in [-0.05, 0) is 179 Å². The van der Waals surface area contributed by atoms with Crippen molar-refractivity contribution in [1.82, 2.24) is 65.3 Å². The van der Waals surface area contributed by atoms with Gasteiger partial charge in [-0.25, -0.2) is 9.50 Å². The molecule has 626 valence electrons. The van der Waals surface area contributed by atoms with Gasteiger partial charge in [0.1, 0.15) is 40.1 Å². The van der Waals surface area contributed by atoms with Crippen molar-refractivity contribution in [2.75, 3.05) is 151 Å². The van der Waals surface area contributed by atoms with Crippen molar-refractivity contribution in [3.05, 3.63) is 70.2 Å². The minimum absolute atomic E-state index is 0.0181. The van der Waals surface area contributed by atoms with Crippen LogP contribution in [0, 0.1) is 19.3 Å². The predicted octanol–water partition coefficient (Wildman–Crippen LogP) is 6.17. The number of rotatable bonds is 36. The molecule has 4 N–H and O–H groups in total. The van der Waals surface area contributed by atoms with Gasteiger partial charge >= 0.3 is 29.8 Å². The van der Waals surface area contributed by atoms with Crippen molar-refractivity contribution in [1.29, 1.82) is 0 Å². The van der Waals surface area contributed by atoms with E-state index in [0.29, 0.717) is 39.3 Å². The fraction of sp³-hybridized carbons (Fsp3) is 0.723. The maximum absolute atomic E-state index is 14.2. The Kier molecular flexibility index (Phi) is 33.7. The number of hydrogen-bond acceptors (Lipinski definition) is 24. The summed E-state index contributed by atoms with van der Waals surface area (Å²) in [6.45, 7) is 41.2. The Morgan fingerprint density at radius 2 is 0.938 bits per heavy atom. The third kappa shape index (κ3) is 32.8. The van der Waals surface area contributed by atoms with Gasteiger partial charge in [0.25, 0.3) is 0 Å². The van der Waals surface area contributed by atoms with E-state index < -0.39 is 87.7 Å². The Morgan fingerprint density at radius 3 is 1.41 bits per heavy atom. The lowest BCUT2D eigenvalue weighted by molar-refractivity contribution is -0.177. The van der Waals surface area contributed by atoms with E-state index >= 15 is 0 Å². The fourth-order valence-corrected chi connectivity index (χ4v) is 14.7. The van der Waals surface area contributed by atoms with Crippen LogP contribution in [0.1, 0.15) is 196 Å². The van der Waals surface area contributed by atoms with E-state index in [2.05, 4.69) is 87.4 Å². The molecule has 2 aliphatic heterocycles. The van der Waals surface area contributed by atoms with Crippen LogP contribution in [-0.4, -0.2) is 294 Å². The largest absolute Gasteiger partial charge is 0.460 e. The molecule has 29 nitrogen and oxygen atoms in total. The molecule has 3 aromatic rings. The lowest BCUT2D eigenvalue weighted by atomic mass is 9.39. The number of carbonyl (C=O) groups excluding carboxylic acids is 9. The van der Waals surface area contributed by atoms with Gasteiger partial charge in [-0.1, -0.05) is 43.3 Å².